The zero-order chi connectivity index (χ0) is 27.4. The van der Waals surface area contributed by atoms with Gasteiger partial charge in [-0.1, -0.05) is 19.1 Å². The van der Waals surface area contributed by atoms with Crippen LogP contribution in [0, 0.1) is 18.3 Å². The first kappa shape index (κ1) is 24.3. The summed E-state index contributed by atoms with van der Waals surface area (Å²) in [5.74, 6) is 1.47. The molecule has 8 heteroatoms. The zero-order valence-electron chi connectivity index (χ0n) is 22.1. The molecule has 0 bridgehead atoms. The molecular formula is C31H27N5O3. The van der Waals surface area contributed by atoms with Crippen LogP contribution in [-0.2, 0) is 13.5 Å². The predicted molar refractivity (Wildman–Crippen MR) is 151 cm³/mol. The van der Waals surface area contributed by atoms with Gasteiger partial charge in [0.1, 0.15) is 29.0 Å². The number of nitrogens with zero attached hydrogens (tertiary/aromatic N) is 3. The average Bonchev–Trinajstić information content (AvgIpc) is 3.28. The number of aromatic nitrogens is 3. The number of nitrogens with two attached hydrogens (primary N) is 1. The fourth-order valence-electron chi connectivity index (χ4n) is 5.63. The van der Waals surface area contributed by atoms with Crippen LogP contribution < -0.4 is 20.8 Å². The monoisotopic (exact) mass is 517 g/mol. The maximum Gasteiger partial charge on any atom is 0.261 e. The van der Waals surface area contributed by atoms with Gasteiger partial charge in [0.25, 0.3) is 5.56 Å². The second-order valence-corrected chi connectivity index (χ2v) is 9.72. The molecule has 3 heterocycles. The lowest BCUT2D eigenvalue weighted by Crippen LogP contribution is -2.23. The molecule has 5 aromatic rings. The van der Waals surface area contributed by atoms with Crippen molar-refractivity contribution in [1.82, 2.24) is 14.5 Å². The van der Waals surface area contributed by atoms with E-state index in [1.807, 2.05) is 62.4 Å². The molecule has 0 aliphatic carbocycles. The third kappa shape index (κ3) is 3.66. The van der Waals surface area contributed by atoms with E-state index in [4.69, 9.17) is 20.2 Å². The van der Waals surface area contributed by atoms with E-state index in [2.05, 4.69) is 11.1 Å². The van der Waals surface area contributed by atoms with Crippen molar-refractivity contribution in [2.24, 2.45) is 12.8 Å². The van der Waals surface area contributed by atoms with E-state index in [1.165, 1.54) is 0 Å². The van der Waals surface area contributed by atoms with Crippen molar-refractivity contribution in [3.05, 3.63) is 98.8 Å². The van der Waals surface area contributed by atoms with E-state index >= 15 is 0 Å². The van der Waals surface area contributed by atoms with Crippen molar-refractivity contribution >= 4 is 21.8 Å². The first-order chi connectivity index (χ1) is 18.9. The van der Waals surface area contributed by atoms with Crippen LogP contribution in [0.25, 0.3) is 33.2 Å². The average molecular weight is 518 g/mol. The molecule has 1 aliphatic heterocycles. The van der Waals surface area contributed by atoms with Crippen molar-refractivity contribution in [3.63, 3.8) is 0 Å². The number of nitriles is 1. The van der Waals surface area contributed by atoms with Gasteiger partial charge in [0.2, 0.25) is 5.88 Å². The summed E-state index contributed by atoms with van der Waals surface area (Å²) < 4.78 is 13.2. The van der Waals surface area contributed by atoms with Crippen molar-refractivity contribution in [1.29, 1.82) is 5.26 Å². The van der Waals surface area contributed by atoms with Crippen LogP contribution in [0.15, 0.2) is 70.8 Å². The van der Waals surface area contributed by atoms with E-state index in [1.54, 1.807) is 24.8 Å². The minimum atomic E-state index is -0.498. The molecule has 0 radical (unpaired) electrons. The zero-order valence-corrected chi connectivity index (χ0v) is 22.1. The Bertz CT molecular complexity index is 1940. The fourth-order valence-corrected chi connectivity index (χ4v) is 5.63. The van der Waals surface area contributed by atoms with E-state index in [-0.39, 0.29) is 11.4 Å². The van der Waals surface area contributed by atoms with E-state index in [0.717, 1.165) is 38.9 Å². The molecule has 6 rings (SSSR count). The SMILES string of the molecule is CCc1cc(-c2nc3ccccc3c(=O)n2C)cc2c1OC(N)=C(C#N)C2c1c(C)[nH]c2ccc(OC)cc12. The number of methoxy groups -OCH3 is 1. The van der Waals surface area contributed by atoms with E-state index < -0.39 is 5.92 Å². The summed E-state index contributed by atoms with van der Waals surface area (Å²) in [6.45, 7) is 4.02. The van der Waals surface area contributed by atoms with Crippen LogP contribution in [0.4, 0.5) is 0 Å². The quantitative estimate of drug-likeness (QED) is 0.339. The number of aryl methyl sites for hydroxylation is 2. The van der Waals surface area contributed by atoms with Gasteiger partial charge in [0, 0.05) is 34.8 Å². The molecule has 3 aromatic carbocycles. The Kier molecular flexibility index (Phi) is 5.65. The normalized spacial score (nSPS) is 14.8. The Morgan fingerprint density at radius 3 is 2.72 bits per heavy atom. The number of hydrogen-bond acceptors (Lipinski definition) is 6. The predicted octanol–water partition coefficient (Wildman–Crippen LogP) is 5.18. The van der Waals surface area contributed by atoms with Crippen molar-refractivity contribution < 1.29 is 9.47 Å². The van der Waals surface area contributed by atoms with Gasteiger partial charge in [-0.3, -0.25) is 9.36 Å². The summed E-state index contributed by atoms with van der Waals surface area (Å²) in [5.41, 5.74) is 12.4. The Morgan fingerprint density at radius 2 is 1.97 bits per heavy atom. The number of fused-ring (bicyclic) bond motifs is 3. The van der Waals surface area contributed by atoms with Crippen LogP contribution in [0.3, 0.4) is 0 Å². The molecule has 1 aliphatic rings. The van der Waals surface area contributed by atoms with Gasteiger partial charge in [0.05, 0.1) is 23.9 Å². The molecule has 39 heavy (non-hydrogen) atoms. The maximum atomic E-state index is 13.2. The van der Waals surface area contributed by atoms with Gasteiger partial charge in [0.15, 0.2) is 0 Å². The number of ether oxygens (including phenoxy) is 2. The first-order valence-corrected chi connectivity index (χ1v) is 12.7. The third-order valence-electron chi connectivity index (χ3n) is 7.55. The van der Waals surface area contributed by atoms with Gasteiger partial charge in [-0.05, 0) is 66.9 Å². The van der Waals surface area contributed by atoms with Crippen molar-refractivity contribution in [2.45, 2.75) is 26.2 Å². The highest BCUT2D eigenvalue weighted by Crippen LogP contribution is 2.48. The van der Waals surface area contributed by atoms with Crippen LogP contribution >= 0.6 is 0 Å². The Balaban J connectivity index is 1.67. The van der Waals surface area contributed by atoms with E-state index in [0.29, 0.717) is 40.2 Å². The molecule has 0 fully saturated rings. The minimum Gasteiger partial charge on any atom is -0.497 e. The molecule has 3 N–H and O–H groups in total. The van der Waals surface area contributed by atoms with Crippen molar-refractivity contribution in [3.8, 4) is 29.0 Å². The Morgan fingerprint density at radius 1 is 1.18 bits per heavy atom. The van der Waals surface area contributed by atoms with Crippen LogP contribution in [0.5, 0.6) is 11.5 Å². The highest BCUT2D eigenvalue weighted by atomic mass is 16.5. The Labute approximate surface area is 224 Å². The third-order valence-corrected chi connectivity index (χ3v) is 7.55. The second-order valence-electron chi connectivity index (χ2n) is 9.72. The molecule has 2 aromatic heterocycles. The summed E-state index contributed by atoms with van der Waals surface area (Å²) in [6.07, 6.45) is 0.653. The van der Waals surface area contributed by atoms with Gasteiger partial charge in [-0.15, -0.1) is 0 Å². The topological polar surface area (TPSA) is 119 Å². The molecule has 0 spiro atoms. The number of allylic oxidation sites excluding steroid dienone is 1. The van der Waals surface area contributed by atoms with Gasteiger partial charge in [-0.25, -0.2) is 4.98 Å². The fraction of sp³-hybridized carbons (Fsp3) is 0.194. The molecule has 194 valence electrons. The maximum absolute atomic E-state index is 13.2. The summed E-state index contributed by atoms with van der Waals surface area (Å²) in [7, 11) is 3.36. The minimum absolute atomic E-state index is 0.0883. The molecule has 8 nitrogen and oxygen atoms in total. The molecule has 0 saturated heterocycles. The van der Waals surface area contributed by atoms with Crippen LogP contribution in [0.1, 0.15) is 35.2 Å². The van der Waals surface area contributed by atoms with Crippen LogP contribution in [-0.4, -0.2) is 21.6 Å². The summed E-state index contributed by atoms with van der Waals surface area (Å²) in [4.78, 5) is 21.5. The highest BCUT2D eigenvalue weighted by Gasteiger charge is 2.35. The summed E-state index contributed by atoms with van der Waals surface area (Å²) >= 11 is 0. The Hall–Kier alpha value is -5.03. The number of hydrogen-bond donors (Lipinski definition) is 2. The second kappa shape index (κ2) is 9.07. The largest absolute Gasteiger partial charge is 0.497 e. The van der Waals surface area contributed by atoms with Crippen LogP contribution in [0.2, 0.25) is 0 Å². The van der Waals surface area contributed by atoms with Gasteiger partial charge < -0.3 is 20.2 Å². The molecule has 0 saturated carbocycles. The number of aromatic amines is 1. The highest BCUT2D eigenvalue weighted by molar-refractivity contribution is 5.89. The number of para-hydroxylation sites is 1. The van der Waals surface area contributed by atoms with Gasteiger partial charge >= 0.3 is 0 Å². The number of H-pyrrole nitrogens is 1. The molecule has 0 amide bonds. The molecule has 1 atom stereocenters. The first-order valence-electron chi connectivity index (χ1n) is 12.7. The lowest BCUT2D eigenvalue weighted by molar-refractivity contribution is 0.389. The standard InChI is InChI=1S/C31H27N5O3/c1-5-17-12-18(30-35-24-9-7-6-8-20(24)31(37)36(30)3)13-22-27(23(15-32)29(33)39-28(17)22)26-16(2)34-25-11-10-19(38-4)14-21(25)26/h6-14,27,34H,5,33H2,1-4H3. The lowest BCUT2D eigenvalue weighted by atomic mass is 9.80. The number of benzene rings is 3. The smallest absolute Gasteiger partial charge is 0.261 e. The van der Waals surface area contributed by atoms with E-state index in [9.17, 15) is 10.1 Å². The molecular weight excluding hydrogens is 490 g/mol. The summed E-state index contributed by atoms with van der Waals surface area (Å²) in [6, 6.07) is 19.4. The molecule has 1 unspecified atom stereocenters. The van der Waals surface area contributed by atoms with Gasteiger partial charge in [-0.2, -0.15) is 5.26 Å². The van der Waals surface area contributed by atoms with Crippen molar-refractivity contribution in [2.75, 3.05) is 7.11 Å². The number of rotatable bonds is 4. The number of nitrogens with one attached hydrogen (secondary N) is 1. The summed E-state index contributed by atoms with van der Waals surface area (Å²) in [5, 5.41) is 11.8. The lowest BCUT2D eigenvalue weighted by Gasteiger charge is -2.29.